The van der Waals surface area contributed by atoms with Gasteiger partial charge >= 0.3 is 0 Å². The average Bonchev–Trinajstić information content (AvgIpc) is 3.30. The second kappa shape index (κ2) is 7.72. The summed E-state index contributed by atoms with van der Waals surface area (Å²) in [6.45, 7) is 0.447. The predicted molar refractivity (Wildman–Crippen MR) is 130 cm³/mol. The van der Waals surface area contributed by atoms with Crippen molar-refractivity contribution >= 4 is 40.0 Å². The first-order chi connectivity index (χ1) is 16.2. The van der Waals surface area contributed by atoms with E-state index in [1.807, 2.05) is 89.8 Å². The monoisotopic (exact) mass is 452 g/mol. The van der Waals surface area contributed by atoms with E-state index >= 15 is 0 Å². The molecule has 3 heterocycles. The summed E-state index contributed by atoms with van der Waals surface area (Å²) >= 11 is 6.07. The Kier molecular flexibility index (Phi) is 4.55. The highest BCUT2D eigenvalue weighted by Crippen LogP contribution is 2.28. The van der Waals surface area contributed by atoms with Gasteiger partial charge in [-0.15, -0.1) is 0 Å². The molecule has 1 aliphatic heterocycles. The van der Waals surface area contributed by atoms with Gasteiger partial charge in [-0.05, 0) is 42.0 Å². The van der Waals surface area contributed by atoms with Crippen LogP contribution >= 0.6 is 11.6 Å². The summed E-state index contributed by atoms with van der Waals surface area (Å²) < 4.78 is 3.04. The molecule has 5 aromatic rings. The molecule has 0 bridgehead atoms. The van der Waals surface area contributed by atoms with Crippen molar-refractivity contribution < 1.29 is 0 Å². The minimum Gasteiger partial charge on any atom is -0.304 e. The lowest BCUT2D eigenvalue weighted by atomic mass is 10.1. The first kappa shape index (κ1) is 19.5. The number of rotatable bonds is 3. The van der Waals surface area contributed by atoms with Gasteiger partial charge in [-0.25, -0.2) is 4.68 Å². The number of benzene rings is 3. The maximum Gasteiger partial charge on any atom is 0.286 e. The number of hydrogen-bond donors (Lipinski definition) is 0. The van der Waals surface area contributed by atoms with Crippen LogP contribution < -0.4 is 10.5 Å². The van der Waals surface area contributed by atoms with Crippen molar-refractivity contribution in [3.63, 3.8) is 0 Å². The fraction of sp³-hybridized carbons (Fsp3) is 0.0400. The van der Waals surface area contributed by atoms with Gasteiger partial charge < -0.3 is 4.90 Å². The van der Waals surface area contributed by atoms with Crippen molar-refractivity contribution in [3.05, 3.63) is 112 Å². The highest BCUT2D eigenvalue weighted by atomic mass is 35.5. The molecule has 0 N–H and O–H groups in total. The van der Waals surface area contributed by atoms with Crippen LogP contribution in [0.4, 0.5) is 11.6 Å². The summed E-state index contributed by atoms with van der Waals surface area (Å²) in [5.41, 5.74) is 3.58. The summed E-state index contributed by atoms with van der Waals surface area (Å²) in [4.78, 5) is 20.4. The molecule has 7 nitrogen and oxygen atoms in total. The van der Waals surface area contributed by atoms with Gasteiger partial charge in [0.1, 0.15) is 5.39 Å². The van der Waals surface area contributed by atoms with Crippen LogP contribution in [0.1, 0.15) is 5.56 Å². The summed E-state index contributed by atoms with van der Waals surface area (Å²) in [6.07, 6.45) is 1.55. The Morgan fingerprint density at radius 3 is 2.18 bits per heavy atom. The van der Waals surface area contributed by atoms with E-state index in [1.54, 1.807) is 10.9 Å². The molecule has 0 amide bonds. The average molecular weight is 453 g/mol. The van der Waals surface area contributed by atoms with Crippen molar-refractivity contribution in [3.8, 4) is 5.69 Å². The van der Waals surface area contributed by atoms with E-state index in [2.05, 4.69) is 10.2 Å². The van der Waals surface area contributed by atoms with Gasteiger partial charge in [0, 0.05) is 10.7 Å². The Labute approximate surface area is 193 Å². The summed E-state index contributed by atoms with van der Waals surface area (Å²) in [5.74, 6) is 0.439. The zero-order valence-corrected chi connectivity index (χ0v) is 18.1. The first-order valence-corrected chi connectivity index (χ1v) is 10.8. The summed E-state index contributed by atoms with van der Waals surface area (Å²) in [6, 6.07) is 26.9. The van der Waals surface area contributed by atoms with Crippen LogP contribution in [0.3, 0.4) is 0 Å². The molecule has 0 aliphatic carbocycles. The van der Waals surface area contributed by atoms with Gasteiger partial charge in [-0.2, -0.15) is 19.9 Å². The third-order valence-electron chi connectivity index (χ3n) is 5.58. The van der Waals surface area contributed by atoms with Crippen molar-refractivity contribution in [1.29, 1.82) is 0 Å². The Balaban J connectivity index is 1.61. The van der Waals surface area contributed by atoms with E-state index in [9.17, 15) is 4.79 Å². The van der Waals surface area contributed by atoms with Crippen LogP contribution in [-0.4, -0.2) is 31.7 Å². The third-order valence-corrected chi connectivity index (χ3v) is 5.83. The van der Waals surface area contributed by atoms with Crippen molar-refractivity contribution in [2.75, 3.05) is 11.4 Å². The smallest absolute Gasteiger partial charge is 0.286 e. The highest BCUT2D eigenvalue weighted by molar-refractivity contribution is 6.30. The molecular weight excluding hydrogens is 436 g/mol. The molecule has 0 fully saturated rings. The van der Waals surface area contributed by atoms with Crippen LogP contribution in [-0.2, 0) is 0 Å². The molecule has 2 aromatic heterocycles. The Hall–Kier alpha value is -4.23. The SMILES string of the molecule is O=c1c2cnn(-c3ccccc3)c2nc2n1N=C(c1ccc(Cl)cc1)CN2c1ccccc1. The summed E-state index contributed by atoms with van der Waals surface area (Å²) in [5, 5.41) is 10.2. The molecule has 8 heteroatoms. The van der Waals surface area contributed by atoms with Crippen molar-refractivity contribution in [2.45, 2.75) is 0 Å². The lowest BCUT2D eigenvalue weighted by Gasteiger charge is -2.29. The zero-order valence-electron chi connectivity index (χ0n) is 17.3. The molecule has 0 atom stereocenters. The number of para-hydroxylation sites is 2. The zero-order chi connectivity index (χ0) is 22.4. The normalized spacial score (nSPS) is 13.1. The highest BCUT2D eigenvalue weighted by Gasteiger charge is 2.27. The van der Waals surface area contributed by atoms with Crippen LogP contribution in [0, 0.1) is 0 Å². The molecule has 160 valence electrons. The number of aromatic nitrogens is 4. The van der Waals surface area contributed by atoms with E-state index < -0.39 is 0 Å². The number of halogens is 1. The van der Waals surface area contributed by atoms with E-state index in [1.165, 1.54) is 4.68 Å². The lowest BCUT2D eigenvalue weighted by Crippen LogP contribution is -2.37. The van der Waals surface area contributed by atoms with Gasteiger partial charge in [-0.1, -0.05) is 60.1 Å². The van der Waals surface area contributed by atoms with Crippen LogP contribution in [0.2, 0.25) is 5.02 Å². The number of fused-ring (bicyclic) bond motifs is 2. The molecule has 1 aliphatic rings. The molecule has 0 unspecified atom stereocenters. The minimum atomic E-state index is -0.274. The molecule has 0 spiro atoms. The minimum absolute atomic E-state index is 0.274. The molecule has 6 rings (SSSR count). The number of nitrogens with zero attached hydrogens (tertiary/aromatic N) is 6. The van der Waals surface area contributed by atoms with Crippen LogP contribution in [0.15, 0.2) is 101 Å². The van der Waals surface area contributed by atoms with Gasteiger partial charge in [0.2, 0.25) is 5.95 Å². The lowest BCUT2D eigenvalue weighted by molar-refractivity contribution is 0.758. The van der Waals surface area contributed by atoms with Crippen molar-refractivity contribution in [2.24, 2.45) is 5.10 Å². The number of anilines is 2. The van der Waals surface area contributed by atoms with Crippen molar-refractivity contribution in [1.82, 2.24) is 19.4 Å². The molecule has 0 radical (unpaired) electrons. The van der Waals surface area contributed by atoms with Gasteiger partial charge in [0.25, 0.3) is 5.56 Å². The molecule has 0 saturated carbocycles. The summed E-state index contributed by atoms with van der Waals surface area (Å²) in [7, 11) is 0. The van der Waals surface area contributed by atoms with Crippen LogP contribution in [0.25, 0.3) is 16.7 Å². The largest absolute Gasteiger partial charge is 0.304 e. The van der Waals surface area contributed by atoms with E-state index in [0.717, 1.165) is 22.6 Å². The Bertz CT molecular complexity index is 1560. The molecule has 0 saturated heterocycles. The van der Waals surface area contributed by atoms with E-state index in [-0.39, 0.29) is 5.56 Å². The fourth-order valence-electron chi connectivity index (χ4n) is 3.95. The number of hydrogen-bond acceptors (Lipinski definition) is 5. The van der Waals surface area contributed by atoms with Crippen LogP contribution in [0.5, 0.6) is 0 Å². The quantitative estimate of drug-likeness (QED) is 0.400. The predicted octanol–water partition coefficient (Wildman–Crippen LogP) is 4.64. The maximum absolute atomic E-state index is 13.5. The molecule has 3 aromatic carbocycles. The first-order valence-electron chi connectivity index (χ1n) is 10.4. The van der Waals surface area contributed by atoms with E-state index in [0.29, 0.717) is 28.5 Å². The van der Waals surface area contributed by atoms with E-state index in [4.69, 9.17) is 16.6 Å². The second-order valence-electron chi connectivity index (χ2n) is 7.63. The maximum atomic E-state index is 13.5. The van der Waals surface area contributed by atoms with Gasteiger partial charge in [0.15, 0.2) is 5.65 Å². The Morgan fingerprint density at radius 1 is 0.818 bits per heavy atom. The molecule has 33 heavy (non-hydrogen) atoms. The fourth-order valence-corrected chi connectivity index (χ4v) is 4.08. The second-order valence-corrected chi connectivity index (χ2v) is 8.07. The topological polar surface area (TPSA) is 68.3 Å². The standard InChI is InChI=1S/C25H17ClN6O/c26-18-13-11-17(12-14-18)22-16-30(19-7-3-1-4-8-19)25-28-23-21(24(33)32(25)29-22)15-27-31(23)20-9-5-2-6-10-20/h1-15H,16H2. The third kappa shape index (κ3) is 3.30. The molecular formula is C25H17ClN6O. The van der Waals surface area contributed by atoms with Gasteiger partial charge in [0.05, 0.1) is 24.1 Å². The van der Waals surface area contributed by atoms with Gasteiger partial charge in [-0.3, -0.25) is 4.79 Å². The Morgan fingerprint density at radius 2 is 1.48 bits per heavy atom.